The van der Waals surface area contributed by atoms with E-state index in [1.807, 2.05) is 42.2 Å². The van der Waals surface area contributed by atoms with Crippen LogP contribution in [0.1, 0.15) is 37.2 Å². The predicted molar refractivity (Wildman–Crippen MR) is 106 cm³/mol. The number of H-pyrrole nitrogens is 1. The van der Waals surface area contributed by atoms with E-state index in [2.05, 4.69) is 30.5 Å². The van der Waals surface area contributed by atoms with Crippen molar-refractivity contribution in [3.8, 4) is 11.4 Å². The maximum atomic E-state index is 12.8. The van der Waals surface area contributed by atoms with E-state index < -0.39 is 0 Å². The second-order valence-corrected chi connectivity index (χ2v) is 6.89. The fraction of sp³-hybridized carbons (Fsp3) is 0.350. The maximum Gasteiger partial charge on any atom is 0.321 e. The molecule has 1 aliphatic heterocycles. The van der Waals surface area contributed by atoms with Gasteiger partial charge in [-0.3, -0.25) is 5.10 Å². The largest absolute Gasteiger partial charge is 0.324 e. The number of anilines is 1. The molecule has 0 aliphatic carbocycles. The van der Waals surface area contributed by atoms with Crippen molar-refractivity contribution in [2.45, 2.75) is 32.1 Å². The molecule has 1 saturated heterocycles. The first-order chi connectivity index (χ1) is 13.7. The van der Waals surface area contributed by atoms with E-state index in [1.165, 1.54) is 0 Å². The van der Waals surface area contributed by atoms with Gasteiger partial charge in [-0.25, -0.2) is 19.7 Å². The molecular weight excluding hydrogens is 354 g/mol. The highest BCUT2D eigenvalue weighted by molar-refractivity contribution is 5.90. The van der Waals surface area contributed by atoms with Gasteiger partial charge in [0.25, 0.3) is 0 Å². The average molecular weight is 377 g/mol. The van der Waals surface area contributed by atoms with Crippen LogP contribution in [0.4, 0.5) is 10.5 Å². The fourth-order valence-electron chi connectivity index (χ4n) is 3.47. The van der Waals surface area contributed by atoms with Gasteiger partial charge >= 0.3 is 6.03 Å². The zero-order valence-corrected chi connectivity index (χ0v) is 15.8. The normalized spacial score (nSPS) is 16.8. The van der Waals surface area contributed by atoms with Crippen molar-refractivity contribution in [1.82, 2.24) is 30.0 Å². The molecule has 0 bridgehead atoms. The van der Waals surface area contributed by atoms with Gasteiger partial charge < -0.3 is 10.2 Å². The molecule has 1 aromatic carbocycles. The molecule has 0 unspecified atom stereocenters. The van der Waals surface area contributed by atoms with Crippen molar-refractivity contribution < 1.29 is 4.79 Å². The van der Waals surface area contributed by atoms with Gasteiger partial charge in [-0.1, -0.05) is 19.1 Å². The molecule has 144 valence electrons. The number of amides is 2. The van der Waals surface area contributed by atoms with Crippen LogP contribution in [-0.2, 0) is 6.42 Å². The molecule has 3 heterocycles. The van der Waals surface area contributed by atoms with Crippen molar-refractivity contribution in [3.63, 3.8) is 0 Å². The van der Waals surface area contributed by atoms with Crippen LogP contribution < -0.4 is 5.32 Å². The van der Waals surface area contributed by atoms with Gasteiger partial charge in [-0.15, -0.1) is 0 Å². The summed E-state index contributed by atoms with van der Waals surface area (Å²) in [5.41, 5.74) is 2.59. The van der Waals surface area contributed by atoms with Gasteiger partial charge in [0.05, 0.1) is 0 Å². The van der Waals surface area contributed by atoms with Crippen molar-refractivity contribution in [2.24, 2.45) is 0 Å². The van der Waals surface area contributed by atoms with Crippen molar-refractivity contribution in [2.75, 3.05) is 18.4 Å². The molecule has 4 rings (SSSR count). The Hall–Kier alpha value is -3.29. The van der Waals surface area contributed by atoms with Gasteiger partial charge in [-0.2, -0.15) is 5.10 Å². The number of aromatic amines is 1. The molecule has 3 aromatic rings. The lowest BCUT2D eigenvalue weighted by molar-refractivity contribution is 0.192. The number of rotatable bonds is 4. The van der Waals surface area contributed by atoms with Crippen LogP contribution in [0.15, 0.2) is 42.9 Å². The van der Waals surface area contributed by atoms with E-state index in [0.29, 0.717) is 12.4 Å². The number of benzene rings is 1. The number of aromatic nitrogens is 5. The Morgan fingerprint density at radius 3 is 3.07 bits per heavy atom. The quantitative estimate of drug-likeness (QED) is 0.727. The molecule has 8 heteroatoms. The van der Waals surface area contributed by atoms with Crippen LogP contribution in [-0.4, -0.2) is 49.2 Å². The number of nitrogens with one attached hydrogen (secondary N) is 2. The second kappa shape index (κ2) is 8.16. The number of nitrogens with zero attached hydrogens (tertiary/aromatic N) is 5. The number of carbonyl (C=O) groups excluding carboxylic acids is 1. The van der Waals surface area contributed by atoms with Gasteiger partial charge in [0.15, 0.2) is 5.82 Å². The highest BCUT2D eigenvalue weighted by Gasteiger charge is 2.25. The van der Waals surface area contributed by atoms with Crippen LogP contribution in [0.3, 0.4) is 0 Å². The lowest BCUT2D eigenvalue weighted by atomic mass is 9.95. The number of urea groups is 1. The topological polar surface area (TPSA) is 99.7 Å². The van der Waals surface area contributed by atoms with Crippen LogP contribution in [0.5, 0.6) is 0 Å². The van der Waals surface area contributed by atoms with Gasteiger partial charge in [0.1, 0.15) is 12.2 Å². The number of hydrogen-bond acceptors (Lipinski definition) is 5. The number of aryl methyl sites for hydroxylation is 1. The molecule has 1 fully saturated rings. The Labute approximate surface area is 163 Å². The lowest BCUT2D eigenvalue weighted by Crippen LogP contribution is -2.41. The fourth-order valence-corrected chi connectivity index (χ4v) is 3.47. The first-order valence-electron chi connectivity index (χ1n) is 9.56. The molecule has 0 radical (unpaired) electrons. The van der Waals surface area contributed by atoms with E-state index in [9.17, 15) is 4.79 Å². The summed E-state index contributed by atoms with van der Waals surface area (Å²) in [4.78, 5) is 27.4. The molecule has 2 aromatic heterocycles. The first-order valence-corrected chi connectivity index (χ1v) is 9.56. The second-order valence-electron chi connectivity index (χ2n) is 6.89. The molecule has 1 atom stereocenters. The third-order valence-corrected chi connectivity index (χ3v) is 4.97. The third-order valence-electron chi connectivity index (χ3n) is 4.97. The summed E-state index contributed by atoms with van der Waals surface area (Å²) in [6.45, 7) is 3.42. The molecule has 1 aliphatic rings. The minimum Gasteiger partial charge on any atom is -0.324 e. The van der Waals surface area contributed by atoms with E-state index in [4.69, 9.17) is 0 Å². The Morgan fingerprint density at radius 1 is 1.36 bits per heavy atom. The van der Waals surface area contributed by atoms with Crippen molar-refractivity contribution in [1.29, 1.82) is 0 Å². The highest BCUT2D eigenvalue weighted by atomic mass is 16.2. The average Bonchev–Trinajstić information content (AvgIpc) is 3.24. The van der Waals surface area contributed by atoms with Crippen LogP contribution >= 0.6 is 0 Å². The van der Waals surface area contributed by atoms with Gasteiger partial charge in [-0.05, 0) is 31.0 Å². The lowest BCUT2D eigenvalue weighted by Gasteiger charge is -2.32. The zero-order chi connectivity index (χ0) is 19.3. The van der Waals surface area contributed by atoms with E-state index in [1.54, 1.807) is 12.5 Å². The molecular formula is C20H23N7O. The van der Waals surface area contributed by atoms with Crippen LogP contribution in [0.25, 0.3) is 11.4 Å². The van der Waals surface area contributed by atoms with E-state index >= 15 is 0 Å². The molecule has 0 saturated carbocycles. The monoisotopic (exact) mass is 377 g/mol. The highest BCUT2D eigenvalue weighted by Crippen LogP contribution is 2.26. The van der Waals surface area contributed by atoms with Crippen molar-refractivity contribution in [3.05, 3.63) is 54.4 Å². The summed E-state index contributed by atoms with van der Waals surface area (Å²) in [7, 11) is 0. The summed E-state index contributed by atoms with van der Waals surface area (Å²) in [5.74, 6) is 1.72. The zero-order valence-electron chi connectivity index (χ0n) is 15.8. The number of hydrogen-bond donors (Lipinski definition) is 2. The van der Waals surface area contributed by atoms with Gasteiger partial charge in [0, 0.05) is 48.6 Å². The number of piperidine rings is 1. The van der Waals surface area contributed by atoms with Crippen LogP contribution in [0, 0.1) is 0 Å². The van der Waals surface area contributed by atoms with Crippen molar-refractivity contribution >= 4 is 11.7 Å². The summed E-state index contributed by atoms with van der Waals surface area (Å²) < 4.78 is 0. The third kappa shape index (κ3) is 4.00. The Kier molecular flexibility index (Phi) is 5.27. The molecule has 2 N–H and O–H groups in total. The van der Waals surface area contributed by atoms with Gasteiger partial charge in [0.2, 0.25) is 0 Å². The maximum absolute atomic E-state index is 12.8. The van der Waals surface area contributed by atoms with E-state index in [-0.39, 0.29) is 11.9 Å². The summed E-state index contributed by atoms with van der Waals surface area (Å²) in [5, 5.41) is 10.2. The first kappa shape index (κ1) is 18.1. The Balaban J connectivity index is 1.44. The number of carbonyl (C=O) groups is 1. The summed E-state index contributed by atoms with van der Waals surface area (Å²) >= 11 is 0. The Morgan fingerprint density at radius 2 is 2.29 bits per heavy atom. The minimum atomic E-state index is -0.0971. The standard InChI is InChI=1S/C20H23N7O/c1-2-18-24-19(26-25-18)14-5-3-7-16(11-14)23-20(28)27-10-4-6-15(12-27)17-8-9-21-13-22-17/h3,5,7-9,11,13,15H,2,4,6,10,12H2,1H3,(H,23,28)(H,24,25,26)/t15-/m0/s1. The molecule has 28 heavy (non-hydrogen) atoms. The van der Waals surface area contributed by atoms with E-state index in [0.717, 1.165) is 48.6 Å². The Bertz CT molecular complexity index is 940. The molecule has 2 amide bonds. The minimum absolute atomic E-state index is 0.0971. The number of likely N-dealkylation sites (tertiary alicyclic amines) is 1. The molecule has 8 nitrogen and oxygen atoms in total. The summed E-state index contributed by atoms with van der Waals surface area (Å²) in [6.07, 6.45) is 6.10. The smallest absolute Gasteiger partial charge is 0.321 e. The summed E-state index contributed by atoms with van der Waals surface area (Å²) in [6, 6.07) is 9.43. The molecule has 0 spiro atoms. The predicted octanol–water partition coefficient (Wildman–Crippen LogP) is 3.24. The van der Waals surface area contributed by atoms with Crippen LogP contribution in [0.2, 0.25) is 0 Å². The SMILES string of the molecule is CCc1nc(-c2cccc(NC(=O)N3CCC[C@H](c4ccncn4)C3)c2)n[nH]1.